The highest BCUT2D eigenvalue weighted by molar-refractivity contribution is 8.13. The van der Waals surface area contributed by atoms with Crippen LogP contribution in [0.1, 0.15) is 24.6 Å². The minimum Gasteiger partial charge on any atom is -0.288 e. The van der Waals surface area contributed by atoms with Crippen molar-refractivity contribution in [3.05, 3.63) is 22.7 Å². The fourth-order valence-corrected chi connectivity index (χ4v) is 1.63. The van der Waals surface area contributed by atoms with Crippen molar-refractivity contribution in [2.45, 2.75) is 20.3 Å². The van der Waals surface area contributed by atoms with Gasteiger partial charge >= 0.3 is 0 Å². The molecule has 0 spiro atoms. The van der Waals surface area contributed by atoms with E-state index in [2.05, 4.69) is 21.8 Å². The minimum atomic E-state index is 0.118. The van der Waals surface area contributed by atoms with Gasteiger partial charge in [0.1, 0.15) is 0 Å². The first kappa shape index (κ1) is 13.0. The number of rotatable bonds is 2. The SMILES string of the molecule is CC(=O)SCCC#Cc1cnc(Cl)nc1C. The molecule has 84 valence electrons. The van der Waals surface area contributed by atoms with Gasteiger partial charge in [0.25, 0.3) is 0 Å². The highest BCUT2D eigenvalue weighted by atomic mass is 35.5. The Morgan fingerprint density at radius 1 is 1.62 bits per heavy atom. The average molecular weight is 255 g/mol. The molecule has 0 aliphatic carbocycles. The molecule has 16 heavy (non-hydrogen) atoms. The van der Waals surface area contributed by atoms with Crippen LogP contribution in [0.3, 0.4) is 0 Å². The van der Waals surface area contributed by atoms with Crippen LogP contribution in [0.25, 0.3) is 0 Å². The molecule has 5 heteroatoms. The minimum absolute atomic E-state index is 0.118. The smallest absolute Gasteiger partial charge is 0.222 e. The number of hydrogen-bond acceptors (Lipinski definition) is 4. The summed E-state index contributed by atoms with van der Waals surface area (Å²) in [5.41, 5.74) is 1.55. The summed E-state index contributed by atoms with van der Waals surface area (Å²) >= 11 is 6.90. The predicted octanol–water partition coefficient (Wildman–Crippen LogP) is 2.46. The van der Waals surface area contributed by atoms with E-state index in [1.165, 1.54) is 11.8 Å². The zero-order valence-corrected chi connectivity index (χ0v) is 10.7. The molecule has 0 radical (unpaired) electrons. The molecule has 1 aromatic rings. The van der Waals surface area contributed by atoms with Crippen molar-refractivity contribution in [2.24, 2.45) is 0 Å². The normalized spacial score (nSPS) is 9.44. The Morgan fingerprint density at radius 3 is 3.00 bits per heavy atom. The first-order valence-electron chi connectivity index (χ1n) is 4.71. The molecule has 0 atom stereocenters. The van der Waals surface area contributed by atoms with Crippen LogP contribution in [0, 0.1) is 18.8 Å². The first-order chi connectivity index (χ1) is 7.59. The number of aromatic nitrogens is 2. The molecule has 0 fully saturated rings. The molecule has 0 bridgehead atoms. The highest BCUT2D eigenvalue weighted by Gasteiger charge is 1.97. The van der Waals surface area contributed by atoms with Gasteiger partial charge in [-0.2, -0.15) is 0 Å². The fourth-order valence-electron chi connectivity index (χ4n) is 0.965. The van der Waals surface area contributed by atoms with Crippen LogP contribution in [0.4, 0.5) is 0 Å². The van der Waals surface area contributed by atoms with Crippen molar-refractivity contribution >= 4 is 28.5 Å². The van der Waals surface area contributed by atoms with E-state index in [1.807, 2.05) is 6.92 Å². The summed E-state index contributed by atoms with van der Waals surface area (Å²) in [5, 5.41) is 0.350. The fraction of sp³-hybridized carbons (Fsp3) is 0.364. The zero-order chi connectivity index (χ0) is 12.0. The maximum atomic E-state index is 10.6. The molecule has 0 N–H and O–H groups in total. The Kier molecular flexibility index (Phi) is 5.30. The van der Waals surface area contributed by atoms with Gasteiger partial charge in [0.05, 0.1) is 11.3 Å². The lowest BCUT2D eigenvalue weighted by molar-refractivity contribution is -0.109. The number of nitrogens with zero attached hydrogens (tertiary/aromatic N) is 2. The summed E-state index contributed by atoms with van der Waals surface area (Å²) in [6.45, 7) is 3.39. The third-order valence-electron chi connectivity index (χ3n) is 1.71. The van der Waals surface area contributed by atoms with E-state index in [0.717, 1.165) is 17.0 Å². The molecule has 0 aliphatic heterocycles. The molecular formula is C11H11ClN2OS. The Labute approximate surface area is 104 Å². The monoisotopic (exact) mass is 254 g/mol. The predicted molar refractivity (Wildman–Crippen MR) is 66.4 cm³/mol. The molecule has 1 heterocycles. The molecule has 0 unspecified atom stereocenters. The topological polar surface area (TPSA) is 42.9 Å². The molecule has 0 aromatic carbocycles. The average Bonchev–Trinajstić information content (AvgIpc) is 2.20. The summed E-state index contributed by atoms with van der Waals surface area (Å²) in [6, 6.07) is 0. The van der Waals surface area contributed by atoms with E-state index >= 15 is 0 Å². The third-order valence-corrected chi connectivity index (χ3v) is 2.70. The molecular weight excluding hydrogens is 244 g/mol. The molecule has 1 rings (SSSR count). The van der Waals surface area contributed by atoms with Crippen molar-refractivity contribution in [1.29, 1.82) is 0 Å². The first-order valence-corrected chi connectivity index (χ1v) is 6.07. The van der Waals surface area contributed by atoms with Gasteiger partial charge in [-0.05, 0) is 18.5 Å². The summed E-state index contributed by atoms with van der Waals surface area (Å²) < 4.78 is 0. The summed E-state index contributed by atoms with van der Waals surface area (Å²) in [6.07, 6.45) is 2.28. The van der Waals surface area contributed by atoms with Crippen LogP contribution in [-0.4, -0.2) is 20.8 Å². The molecule has 0 saturated heterocycles. The quantitative estimate of drug-likeness (QED) is 0.462. The maximum absolute atomic E-state index is 10.6. The van der Waals surface area contributed by atoms with E-state index in [9.17, 15) is 4.79 Å². The Bertz CT molecular complexity index is 451. The van der Waals surface area contributed by atoms with Gasteiger partial charge in [0, 0.05) is 25.3 Å². The third kappa shape index (κ3) is 4.65. The number of hydrogen-bond donors (Lipinski definition) is 0. The number of carbonyl (C=O) groups excluding carboxylic acids is 1. The number of carbonyl (C=O) groups is 1. The number of thioether (sulfide) groups is 1. The summed E-state index contributed by atoms with van der Waals surface area (Å²) in [7, 11) is 0. The van der Waals surface area contributed by atoms with Gasteiger partial charge in [0.2, 0.25) is 5.28 Å². The number of aryl methyl sites for hydroxylation is 1. The highest BCUT2D eigenvalue weighted by Crippen LogP contribution is 2.06. The largest absolute Gasteiger partial charge is 0.288 e. The van der Waals surface area contributed by atoms with Crippen molar-refractivity contribution in [2.75, 3.05) is 5.75 Å². The molecule has 0 saturated carbocycles. The standard InChI is InChI=1S/C11H11ClN2OS/c1-8-10(7-13-11(12)14-8)5-3-4-6-16-9(2)15/h7H,4,6H2,1-2H3. The van der Waals surface area contributed by atoms with Crippen LogP contribution in [0.2, 0.25) is 5.28 Å². The molecule has 0 aliphatic rings. The van der Waals surface area contributed by atoms with Crippen molar-refractivity contribution in [3.8, 4) is 11.8 Å². The van der Waals surface area contributed by atoms with Gasteiger partial charge in [-0.25, -0.2) is 9.97 Å². The zero-order valence-electron chi connectivity index (χ0n) is 9.08. The van der Waals surface area contributed by atoms with E-state index in [0.29, 0.717) is 6.42 Å². The molecule has 3 nitrogen and oxygen atoms in total. The summed E-state index contributed by atoms with van der Waals surface area (Å²) in [4.78, 5) is 18.5. The maximum Gasteiger partial charge on any atom is 0.222 e. The van der Waals surface area contributed by atoms with Crippen LogP contribution in [0.5, 0.6) is 0 Å². The van der Waals surface area contributed by atoms with Crippen LogP contribution >= 0.6 is 23.4 Å². The second kappa shape index (κ2) is 6.51. The lowest BCUT2D eigenvalue weighted by Crippen LogP contribution is -1.91. The van der Waals surface area contributed by atoms with Crippen LogP contribution in [-0.2, 0) is 4.79 Å². The Morgan fingerprint density at radius 2 is 2.38 bits per heavy atom. The van der Waals surface area contributed by atoms with Crippen molar-refractivity contribution < 1.29 is 4.79 Å². The van der Waals surface area contributed by atoms with Crippen LogP contribution < -0.4 is 0 Å². The van der Waals surface area contributed by atoms with Crippen LogP contribution in [0.15, 0.2) is 6.20 Å². The Balaban J connectivity index is 2.53. The number of halogens is 1. The molecule has 1 aromatic heterocycles. The summed E-state index contributed by atoms with van der Waals surface area (Å²) in [5.74, 6) is 6.64. The van der Waals surface area contributed by atoms with E-state index in [1.54, 1.807) is 13.1 Å². The van der Waals surface area contributed by atoms with Gasteiger partial charge < -0.3 is 0 Å². The lowest BCUT2D eigenvalue weighted by Gasteiger charge is -1.95. The van der Waals surface area contributed by atoms with Gasteiger partial charge in [-0.1, -0.05) is 23.6 Å². The van der Waals surface area contributed by atoms with E-state index in [4.69, 9.17) is 11.6 Å². The molecule has 0 amide bonds. The second-order valence-electron chi connectivity index (χ2n) is 3.03. The van der Waals surface area contributed by atoms with E-state index < -0.39 is 0 Å². The van der Waals surface area contributed by atoms with Crippen molar-refractivity contribution in [3.63, 3.8) is 0 Å². The lowest BCUT2D eigenvalue weighted by atomic mass is 10.2. The van der Waals surface area contributed by atoms with Gasteiger partial charge in [-0.15, -0.1) is 0 Å². The Hall–Kier alpha value is -1.05. The van der Waals surface area contributed by atoms with Gasteiger partial charge in [0.15, 0.2) is 5.12 Å². The van der Waals surface area contributed by atoms with E-state index in [-0.39, 0.29) is 10.4 Å². The second-order valence-corrected chi connectivity index (χ2v) is 4.64. The van der Waals surface area contributed by atoms with Crippen molar-refractivity contribution in [1.82, 2.24) is 9.97 Å². The van der Waals surface area contributed by atoms with Gasteiger partial charge in [-0.3, -0.25) is 4.79 Å².